The Bertz CT molecular complexity index is 785. The molecule has 0 atom stereocenters. The molecule has 1 N–H and O–H groups in total. The molecule has 24 heavy (non-hydrogen) atoms. The number of fused-ring (bicyclic) bond motifs is 1. The number of benzene rings is 3. The Hall–Kier alpha value is -2.68. The van der Waals surface area contributed by atoms with E-state index in [1.807, 2.05) is 30.3 Å². The summed E-state index contributed by atoms with van der Waals surface area (Å²) >= 11 is 0. The second-order valence-corrected chi connectivity index (χ2v) is 5.72. The van der Waals surface area contributed by atoms with Crippen LogP contribution in [0.1, 0.15) is 12.8 Å². The van der Waals surface area contributed by atoms with E-state index in [-0.39, 0.29) is 0 Å². The molecule has 0 aliphatic rings. The molecule has 3 heteroatoms. The lowest BCUT2D eigenvalue weighted by atomic mass is 10.1. The molecule has 0 aliphatic heterocycles. The van der Waals surface area contributed by atoms with Crippen LogP contribution in [-0.2, 0) is 0 Å². The van der Waals surface area contributed by atoms with Crippen LogP contribution in [0.15, 0.2) is 66.7 Å². The topological polar surface area (TPSA) is 30.5 Å². The van der Waals surface area contributed by atoms with E-state index in [9.17, 15) is 0 Å². The zero-order valence-corrected chi connectivity index (χ0v) is 14.0. The van der Waals surface area contributed by atoms with E-state index in [1.165, 1.54) is 10.8 Å². The molecule has 0 spiro atoms. The number of methoxy groups -OCH3 is 1. The molecule has 0 bridgehead atoms. The maximum Gasteiger partial charge on any atom is 0.120 e. The fraction of sp³-hybridized carbons (Fsp3) is 0.238. The van der Waals surface area contributed by atoms with Crippen molar-refractivity contribution in [2.75, 3.05) is 25.6 Å². The number of rotatable bonds is 8. The quantitative estimate of drug-likeness (QED) is 0.584. The summed E-state index contributed by atoms with van der Waals surface area (Å²) in [4.78, 5) is 0. The van der Waals surface area contributed by atoms with Gasteiger partial charge in [0.1, 0.15) is 11.5 Å². The number of ether oxygens (including phenoxy) is 2. The molecule has 0 heterocycles. The lowest BCUT2D eigenvalue weighted by Crippen LogP contribution is -2.04. The van der Waals surface area contributed by atoms with Crippen molar-refractivity contribution in [3.8, 4) is 11.5 Å². The van der Waals surface area contributed by atoms with Gasteiger partial charge < -0.3 is 14.8 Å². The summed E-state index contributed by atoms with van der Waals surface area (Å²) in [5.41, 5.74) is 1.09. The second kappa shape index (κ2) is 8.25. The summed E-state index contributed by atoms with van der Waals surface area (Å²) in [6.07, 6.45) is 2.08. The van der Waals surface area contributed by atoms with Crippen LogP contribution in [0.2, 0.25) is 0 Å². The Morgan fingerprint density at radius 2 is 1.67 bits per heavy atom. The molecule has 0 aliphatic carbocycles. The number of anilines is 1. The molecule has 0 aromatic heterocycles. The van der Waals surface area contributed by atoms with Gasteiger partial charge in [0.25, 0.3) is 0 Å². The van der Waals surface area contributed by atoms with Gasteiger partial charge in [-0.15, -0.1) is 0 Å². The highest BCUT2D eigenvalue weighted by Gasteiger charge is 1.98. The lowest BCUT2D eigenvalue weighted by molar-refractivity contribution is 0.309. The summed E-state index contributed by atoms with van der Waals surface area (Å²) in [5.74, 6) is 1.81. The molecule has 0 amide bonds. The Morgan fingerprint density at radius 1 is 0.792 bits per heavy atom. The highest BCUT2D eigenvalue weighted by molar-refractivity contribution is 5.83. The first-order chi connectivity index (χ1) is 11.8. The van der Waals surface area contributed by atoms with Crippen LogP contribution in [0.4, 0.5) is 5.69 Å². The Morgan fingerprint density at radius 3 is 2.54 bits per heavy atom. The molecule has 0 saturated carbocycles. The van der Waals surface area contributed by atoms with Crippen molar-refractivity contribution in [2.24, 2.45) is 0 Å². The molecule has 0 saturated heterocycles. The van der Waals surface area contributed by atoms with Crippen LogP contribution >= 0.6 is 0 Å². The predicted octanol–water partition coefficient (Wildman–Crippen LogP) is 5.12. The summed E-state index contributed by atoms with van der Waals surface area (Å²) in [5, 5.41) is 5.87. The fourth-order valence-corrected chi connectivity index (χ4v) is 2.64. The third-order valence-corrected chi connectivity index (χ3v) is 3.96. The Labute approximate surface area is 143 Å². The molecular formula is C21H23NO2. The van der Waals surface area contributed by atoms with Gasteiger partial charge in [-0.3, -0.25) is 0 Å². The second-order valence-electron chi connectivity index (χ2n) is 5.72. The lowest BCUT2D eigenvalue weighted by Gasteiger charge is -2.09. The highest BCUT2D eigenvalue weighted by atomic mass is 16.5. The van der Waals surface area contributed by atoms with Crippen molar-refractivity contribution >= 4 is 16.5 Å². The van der Waals surface area contributed by atoms with Crippen molar-refractivity contribution < 1.29 is 9.47 Å². The molecular weight excluding hydrogens is 298 g/mol. The van der Waals surface area contributed by atoms with Gasteiger partial charge in [-0.25, -0.2) is 0 Å². The molecule has 124 valence electrons. The van der Waals surface area contributed by atoms with Crippen molar-refractivity contribution in [1.82, 2.24) is 0 Å². The first-order valence-corrected chi connectivity index (χ1v) is 8.35. The average molecular weight is 321 g/mol. The zero-order chi connectivity index (χ0) is 16.6. The minimum Gasteiger partial charge on any atom is -0.497 e. The van der Waals surface area contributed by atoms with Gasteiger partial charge in [-0.2, -0.15) is 0 Å². The summed E-state index contributed by atoms with van der Waals surface area (Å²) < 4.78 is 11.1. The number of unbranched alkanes of at least 4 members (excludes halogenated alkanes) is 1. The molecule has 0 radical (unpaired) electrons. The maximum atomic E-state index is 5.86. The largest absolute Gasteiger partial charge is 0.497 e. The first-order valence-electron chi connectivity index (χ1n) is 8.35. The SMILES string of the molecule is COc1cccc(NCCCCOc2ccc3ccccc3c2)c1. The summed E-state index contributed by atoms with van der Waals surface area (Å²) in [7, 11) is 1.68. The minimum atomic E-state index is 0.734. The van der Waals surface area contributed by atoms with Gasteiger partial charge in [0.15, 0.2) is 0 Å². The van der Waals surface area contributed by atoms with Gasteiger partial charge in [0, 0.05) is 18.3 Å². The van der Waals surface area contributed by atoms with E-state index >= 15 is 0 Å². The highest BCUT2D eigenvalue weighted by Crippen LogP contribution is 2.21. The van der Waals surface area contributed by atoms with Crippen LogP contribution in [-0.4, -0.2) is 20.3 Å². The van der Waals surface area contributed by atoms with E-state index in [0.717, 1.165) is 43.2 Å². The van der Waals surface area contributed by atoms with Crippen molar-refractivity contribution in [1.29, 1.82) is 0 Å². The first kappa shape index (κ1) is 16.2. The van der Waals surface area contributed by atoms with Crippen molar-refractivity contribution in [3.05, 3.63) is 66.7 Å². The average Bonchev–Trinajstić information content (AvgIpc) is 2.64. The third kappa shape index (κ3) is 4.42. The number of hydrogen-bond donors (Lipinski definition) is 1. The van der Waals surface area contributed by atoms with Crippen LogP contribution in [0.5, 0.6) is 11.5 Å². The summed E-state index contributed by atoms with van der Waals surface area (Å²) in [6.45, 7) is 1.66. The van der Waals surface area contributed by atoms with E-state index in [0.29, 0.717) is 0 Å². The van der Waals surface area contributed by atoms with Gasteiger partial charge in [-0.05, 0) is 47.9 Å². The molecule has 0 unspecified atom stereocenters. The minimum absolute atomic E-state index is 0.734. The smallest absolute Gasteiger partial charge is 0.120 e. The summed E-state index contributed by atoms with van der Waals surface area (Å²) in [6, 6.07) is 22.6. The molecule has 0 fully saturated rings. The molecule has 3 nitrogen and oxygen atoms in total. The number of hydrogen-bond acceptors (Lipinski definition) is 3. The normalized spacial score (nSPS) is 10.5. The van der Waals surface area contributed by atoms with Crippen LogP contribution in [0, 0.1) is 0 Å². The van der Waals surface area contributed by atoms with Gasteiger partial charge in [0.2, 0.25) is 0 Å². The zero-order valence-electron chi connectivity index (χ0n) is 14.0. The van der Waals surface area contributed by atoms with E-state index in [4.69, 9.17) is 9.47 Å². The Balaban J connectivity index is 1.38. The van der Waals surface area contributed by atoms with Gasteiger partial charge in [-0.1, -0.05) is 36.4 Å². The van der Waals surface area contributed by atoms with Gasteiger partial charge in [0.05, 0.1) is 13.7 Å². The van der Waals surface area contributed by atoms with E-state index in [2.05, 4.69) is 41.7 Å². The monoisotopic (exact) mass is 321 g/mol. The van der Waals surface area contributed by atoms with Crippen molar-refractivity contribution in [3.63, 3.8) is 0 Å². The standard InChI is InChI=1S/C21H23NO2/c1-23-20-10-6-9-19(16-20)22-13-4-5-14-24-21-12-11-17-7-2-3-8-18(17)15-21/h2-3,6-12,15-16,22H,4-5,13-14H2,1H3. The number of nitrogens with one attached hydrogen (secondary N) is 1. The third-order valence-electron chi connectivity index (χ3n) is 3.96. The van der Waals surface area contributed by atoms with Crippen LogP contribution in [0.3, 0.4) is 0 Å². The van der Waals surface area contributed by atoms with Crippen LogP contribution in [0.25, 0.3) is 10.8 Å². The Kier molecular flexibility index (Phi) is 5.56. The molecule has 3 aromatic carbocycles. The predicted molar refractivity (Wildman–Crippen MR) is 100 cm³/mol. The van der Waals surface area contributed by atoms with Gasteiger partial charge >= 0.3 is 0 Å². The fourth-order valence-electron chi connectivity index (χ4n) is 2.64. The van der Waals surface area contributed by atoms with Crippen molar-refractivity contribution in [2.45, 2.75) is 12.8 Å². The van der Waals surface area contributed by atoms with E-state index < -0.39 is 0 Å². The molecule has 3 aromatic rings. The van der Waals surface area contributed by atoms with Crippen LogP contribution < -0.4 is 14.8 Å². The maximum absolute atomic E-state index is 5.86. The van der Waals surface area contributed by atoms with E-state index in [1.54, 1.807) is 7.11 Å². The molecule has 3 rings (SSSR count).